The van der Waals surface area contributed by atoms with Crippen LogP contribution < -0.4 is 16.6 Å². The first kappa shape index (κ1) is 17.7. The normalized spacial score (nSPS) is 10.7. The van der Waals surface area contributed by atoms with Crippen LogP contribution in [0.5, 0.6) is 0 Å². The second kappa shape index (κ2) is 7.31. The zero-order chi connectivity index (χ0) is 13.8. The number of carbonyl (C=O) groups is 1. The highest BCUT2D eigenvalue weighted by molar-refractivity contribution is 5.93. The van der Waals surface area contributed by atoms with Crippen molar-refractivity contribution in [2.45, 2.75) is 32.2 Å². The Morgan fingerprint density at radius 3 is 2.53 bits per heavy atom. The predicted molar refractivity (Wildman–Crippen MR) is 78.8 cm³/mol. The second-order valence-corrected chi connectivity index (χ2v) is 4.59. The molecule has 0 saturated carbocycles. The first-order chi connectivity index (χ1) is 8.43. The van der Waals surface area contributed by atoms with Crippen LogP contribution in [0.1, 0.15) is 37.0 Å². The molecular formula is C13H22ClN3O2. The molecule has 0 fully saturated rings. The standard InChI is InChI=1S/C13H21N3O2.ClH/c1-4-13(14,5-2)9-15-11(17)10-7-6-8-16(3)12(10)18;/h6-8H,4-5,9,14H2,1-3H3,(H,15,17);1H. The zero-order valence-corrected chi connectivity index (χ0v) is 12.4. The Bertz CT molecular complexity index is 481. The van der Waals surface area contributed by atoms with Gasteiger partial charge in [-0.15, -0.1) is 12.4 Å². The molecule has 1 aromatic heterocycles. The average Bonchev–Trinajstić information content (AvgIpc) is 2.39. The van der Waals surface area contributed by atoms with Gasteiger partial charge in [-0.1, -0.05) is 13.8 Å². The Balaban J connectivity index is 0.00000324. The molecule has 0 aliphatic carbocycles. The number of carbonyl (C=O) groups excluding carboxylic acids is 1. The molecule has 0 aliphatic heterocycles. The summed E-state index contributed by atoms with van der Waals surface area (Å²) in [5.41, 5.74) is 5.53. The van der Waals surface area contributed by atoms with Crippen LogP contribution in [0.3, 0.4) is 0 Å². The van der Waals surface area contributed by atoms with Crippen LogP contribution in [-0.2, 0) is 7.05 Å². The maximum atomic E-state index is 11.9. The quantitative estimate of drug-likeness (QED) is 0.850. The maximum Gasteiger partial charge on any atom is 0.263 e. The summed E-state index contributed by atoms with van der Waals surface area (Å²) in [6.07, 6.45) is 3.16. The fraction of sp³-hybridized carbons (Fsp3) is 0.538. The molecule has 0 spiro atoms. The Morgan fingerprint density at radius 2 is 2.00 bits per heavy atom. The molecule has 1 amide bonds. The predicted octanol–water partition coefficient (Wildman–Crippen LogP) is 1.05. The van der Waals surface area contributed by atoms with Crippen LogP contribution in [0.25, 0.3) is 0 Å². The van der Waals surface area contributed by atoms with Gasteiger partial charge in [0.05, 0.1) is 0 Å². The molecule has 0 atom stereocenters. The number of nitrogens with zero attached hydrogens (tertiary/aromatic N) is 1. The Labute approximate surface area is 119 Å². The minimum atomic E-state index is -0.407. The van der Waals surface area contributed by atoms with Crippen molar-refractivity contribution < 1.29 is 4.79 Å². The monoisotopic (exact) mass is 287 g/mol. The Hall–Kier alpha value is -1.33. The van der Waals surface area contributed by atoms with Gasteiger partial charge in [-0.3, -0.25) is 9.59 Å². The molecule has 3 N–H and O–H groups in total. The third-order valence-corrected chi connectivity index (χ3v) is 3.38. The number of rotatable bonds is 5. The van der Waals surface area contributed by atoms with E-state index in [0.29, 0.717) is 6.54 Å². The summed E-state index contributed by atoms with van der Waals surface area (Å²) < 4.78 is 1.38. The summed E-state index contributed by atoms with van der Waals surface area (Å²) in [5.74, 6) is -0.368. The van der Waals surface area contributed by atoms with E-state index in [4.69, 9.17) is 5.73 Å². The van der Waals surface area contributed by atoms with Gasteiger partial charge in [-0.05, 0) is 25.0 Å². The lowest BCUT2D eigenvalue weighted by atomic mass is 9.94. The van der Waals surface area contributed by atoms with E-state index in [2.05, 4.69) is 5.32 Å². The number of hydrogen-bond acceptors (Lipinski definition) is 3. The molecule has 108 valence electrons. The van der Waals surface area contributed by atoms with Crippen LogP contribution in [0.2, 0.25) is 0 Å². The summed E-state index contributed by atoms with van der Waals surface area (Å²) in [7, 11) is 1.62. The summed E-state index contributed by atoms with van der Waals surface area (Å²) in [6.45, 7) is 4.34. The van der Waals surface area contributed by atoms with Gasteiger partial charge in [0.15, 0.2) is 0 Å². The highest BCUT2D eigenvalue weighted by atomic mass is 35.5. The second-order valence-electron chi connectivity index (χ2n) is 4.59. The highest BCUT2D eigenvalue weighted by Crippen LogP contribution is 2.09. The number of aryl methyl sites for hydroxylation is 1. The highest BCUT2D eigenvalue weighted by Gasteiger charge is 2.21. The lowest BCUT2D eigenvalue weighted by Crippen LogP contribution is -2.49. The van der Waals surface area contributed by atoms with Gasteiger partial charge < -0.3 is 15.6 Å². The first-order valence-corrected chi connectivity index (χ1v) is 6.16. The SMILES string of the molecule is CCC(N)(CC)CNC(=O)c1cccn(C)c1=O.Cl. The molecule has 0 bridgehead atoms. The number of pyridine rings is 1. The largest absolute Gasteiger partial charge is 0.350 e. The molecule has 1 rings (SSSR count). The first-order valence-electron chi connectivity index (χ1n) is 6.16. The van der Waals surface area contributed by atoms with Crippen LogP contribution in [0.4, 0.5) is 0 Å². The molecule has 0 radical (unpaired) electrons. The zero-order valence-electron chi connectivity index (χ0n) is 11.6. The van der Waals surface area contributed by atoms with Crippen molar-refractivity contribution in [3.8, 4) is 0 Å². The molecule has 6 heteroatoms. The van der Waals surface area contributed by atoms with Crippen molar-refractivity contribution in [2.24, 2.45) is 12.8 Å². The van der Waals surface area contributed by atoms with E-state index in [-0.39, 0.29) is 29.4 Å². The summed E-state index contributed by atoms with van der Waals surface area (Å²) in [4.78, 5) is 23.7. The van der Waals surface area contributed by atoms with E-state index < -0.39 is 5.54 Å². The molecular weight excluding hydrogens is 266 g/mol. The van der Waals surface area contributed by atoms with Crippen molar-refractivity contribution >= 4 is 18.3 Å². The van der Waals surface area contributed by atoms with Gasteiger partial charge in [0.25, 0.3) is 11.5 Å². The maximum absolute atomic E-state index is 11.9. The van der Waals surface area contributed by atoms with Crippen molar-refractivity contribution in [1.82, 2.24) is 9.88 Å². The molecule has 1 aromatic rings. The van der Waals surface area contributed by atoms with Gasteiger partial charge >= 0.3 is 0 Å². The van der Waals surface area contributed by atoms with Crippen LogP contribution >= 0.6 is 12.4 Å². The molecule has 5 nitrogen and oxygen atoms in total. The average molecular weight is 288 g/mol. The van der Waals surface area contributed by atoms with Crippen molar-refractivity contribution in [3.63, 3.8) is 0 Å². The van der Waals surface area contributed by atoms with Gasteiger partial charge in [0.1, 0.15) is 5.56 Å². The van der Waals surface area contributed by atoms with Crippen molar-refractivity contribution in [1.29, 1.82) is 0 Å². The number of aromatic nitrogens is 1. The van der Waals surface area contributed by atoms with Gasteiger partial charge in [-0.2, -0.15) is 0 Å². The summed E-state index contributed by atoms with van der Waals surface area (Å²) in [6, 6.07) is 3.19. The van der Waals surface area contributed by atoms with Crippen molar-refractivity contribution in [3.05, 3.63) is 34.2 Å². The number of nitrogens with two attached hydrogens (primary N) is 1. The van der Waals surface area contributed by atoms with E-state index in [1.165, 1.54) is 10.6 Å². The van der Waals surface area contributed by atoms with Gasteiger partial charge in [-0.25, -0.2) is 0 Å². The summed E-state index contributed by atoms with van der Waals surface area (Å²) in [5, 5.41) is 2.73. The van der Waals surface area contributed by atoms with E-state index >= 15 is 0 Å². The molecule has 0 unspecified atom stereocenters. The molecule has 0 aliphatic rings. The lowest BCUT2D eigenvalue weighted by molar-refractivity contribution is 0.0940. The van der Waals surface area contributed by atoms with Crippen molar-refractivity contribution in [2.75, 3.05) is 6.54 Å². The molecule has 19 heavy (non-hydrogen) atoms. The third-order valence-electron chi connectivity index (χ3n) is 3.38. The van der Waals surface area contributed by atoms with Gasteiger partial charge in [0, 0.05) is 25.3 Å². The smallest absolute Gasteiger partial charge is 0.263 e. The Morgan fingerprint density at radius 1 is 1.42 bits per heavy atom. The fourth-order valence-electron chi connectivity index (χ4n) is 1.62. The lowest BCUT2D eigenvalue weighted by Gasteiger charge is -2.26. The van der Waals surface area contributed by atoms with E-state index in [1.54, 1.807) is 19.3 Å². The van der Waals surface area contributed by atoms with Crippen LogP contribution in [-0.4, -0.2) is 22.6 Å². The number of amides is 1. The van der Waals surface area contributed by atoms with Crippen LogP contribution in [0.15, 0.2) is 23.1 Å². The van der Waals surface area contributed by atoms with E-state index in [1.807, 2.05) is 13.8 Å². The minimum absolute atomic E-state index is 0. The number of hydrogen-bond donors (Lipinski definition) is 2. The Kier molecular flexibility index (Phi) is 6.79. The molecule has 0 saturated heterocycles. The van der Waals surface area contributed by atoms with Gasteiger partial charge in [0.2, 0.25) is 0 Å². The topological polar surface area (TPSA) is 77.1 Å². The van der Waals surface area contributed by atoms with Crippen LogP contribution in [0, 0.1) is 0 Å². The van der Waals surface area contributed by atoms with E-state index in [9.17, 15) is 9.59 Å². The molecule has 1 heterocycles. The number of halogens is 1. The van der Waals surface area contributed by atoms with E-state index in [0.717, 1.165) is 12.8 Å². The third kappa shape index (κ3) is 4.36. The summed E-state index contributed by atoms with van der Waals surface area (Å²) >= 11 is 0. The fourth-order valence-corrected chi connectivity index (χ4v) is 1.62. The minimum Gasteiger partial charge on any atom is -0.350 e. The molecule has 0 aromatic carbocycles. The number of nitrogens with one attached hydrogen (secondary N) is 1.